The molecule has 1 aromatic rings. The highest BCUT2D eigenvalue weighted by atomic mass is 35.5. The number of anilines is 1. The van der Waals surface area contributed by atoms with Crippen molar-refractivity contribution in [3.63, 3.8) is 0 Å². The van der Waals surface area contributed by atoms with Crippen LogP contribution in [0.2, 0.25) is 0 Å². The summed E-state index contributed by atoms with van der Waals surface area (Å²) < 4.78 is 0. The second kappa shape index (κ2) is 5.77. The van der Waals surface area contributed by atoms with Crippen LogP contribution in [0, 0.1) is 0 Å². The van der Waals surface area contributed by atoms with Crippen molar-refractivity contribution in [1.82, 2.24) is 9.97 Å². The molecular formula is C10H15ClN4O. The van der Waals surface area contributed by atoms with Crippen LogP contribution in [-0.4, -0.2) is 22.4 Å². The molecule has 1 aliphatic heterocycles. The largest absolute Gasteiger partial charge is 0.326 e. The topological polar surface area (TPSA) is 72.1 Å². The minimum atomic E-state index is 0. The maximum atomic E-state index is 11.6. The summed E-state index contributed by atoms with van der Waals surface area (Å²) in [5.41, 5.74) is 6.32. The maximum Gasteiger partial charge on any atom is 0.232 e. The van der Waals surface area contributed by atoms with E-state index in [1.165, 1.54) is 0 Å². The molecule has 0 aromatic carbocycles. The van der Waals surface area contributed by atoms with Crippen LogP contribution >= 0.6 is 12.4 Å². The maximum absolute atomic E-state index is 11.6. The Morgan fingerprint density at radius 3 is 2.56 bits per heavy atom. The van der Waals surface area contributed by atoms with Crippen molar-refractivity contribution in [3.05, 3.63) is 18.0 Å². The van der Waals surface area contributed by atoms with E-state index in [1.54, 1.807) is 17.3 Å². The summed E-state index contributed by atoms with van der Waals surface area (Å²) in [5.74, 6) is 0.610. The van der Waals surface area contributed by atoms with Crippen molar-refractivity contribution in [1.29, 1.82) is 0 Å². The fourth-order valence-electron chi connectivity index (χ4n) is 1.61. The summed E-state index contributed by atoms with van der Waals surface area (Å²) in [6.07, 6.45) is 5.93. The van der Waals surface area contributed by atoms with Gasteiger partial charge in [-0.25, -0.2) is 9.97 Å². The first kappa shape index (κ1) is 12.9. The van der Waals surface area contributed by atoms with Crippen LogP contribution in [0.5, 0.6) is 0 Å². The lowest BCUT2D eigenvalue weighted by molar-refractivity contribution is -0.119. The number of rotatable bonds is 2. The first-order valence-corrected chi connectivity index (χ1v) is 5.12. The Morgan fingerprint density at radius 2 is 2.00 bits per heavy atom. The molecule has 0 atom stereocenters. The zero-order valence-electron chi connectivity index (χ0n) is 8.93. The van der Waals surface area contributed by atoms with Crippen molar-refractivity contribution >= 4 is 24.3 Å². The van der Waals surface area contributed by atoms with Gasteiger partial charge in [0.05, 0.1) is 0 Å². The number of hydrogen-bond donors (Lipinski definition) is 1. The van der Waals surface area contributed by atoms with Crippen LogP contribution in [0.4, 0.5) is 5.95 Å². The SMILES string of the molecule is Cl.NCc1cnc(N2CCCCC2=O)nc1. The highest BCUT2D eigenvalue weighted by Crippen LogP contribution is 2.16. The number of halogens is 1. The van der Waals surface area contributed by atoms with Crippen molar-refractivity contribution < 1.29 is 4.79 Å². The quantitative estimate of drug-likeness (QED) is 0.836. The molecule has 1 amide bonds. The molecule has 0 unspecified atom stereocenters. The summed E-state index contributed by atoms with van der Waals surface area (Å²) in [5, 5.41) is 0. The normalized spacial score (nSPS) is 15.8. The van der Waals surface area contributed by atoms with Crippen LogP contribution in [0.1, 0.15) is 24.8 Å². The van der Waals surface area contributed by atoms with E-state index >= 15 is 0 Å². The van der Waals surface area contributed by atoms with Crippen LogP contribution in [0.25, 0.3) is 0 Å². The fourth-order valence-corrected chi connectivity index (χ4v) is 1.61. The molecule has 16 heavy (non-hydrogen) atoms. The molecule has 1 aliphatic rings. The first-order valence-electron chi connectivity index (χ1n) is 5.12. The Morgan fingerprint density at radius 1 is 1.31 bits per heavy atom. The fraction of sp³-hybridized carbons (Fsp3) is 0.500. The van der Waals surface area contributed by atoms with Gasteiger partial charge in [0.15, 0.2) is 0 Å². The molecule has 0 saturated carbocycles. The number of hydrogen-bond acceptors (Lipinski definition) is 4. The van der Waals surface area contributed by atoms with Gasteiger partial charge in [0.25, 0.3) is 0 Å². The van der Waals surface area contributed by atoms with Gasteiger partial charge < -0.3 is 5.73 Å². The highest BCUT2D eigenvalue weighted by molar-refractivity contribution is 5.92. The molecule has 2 N–H and O–H groups in total. The van der Waals surface area contributed by atoms with E-state index in [9.17, 15) is 4.79 Å². The molecule has 1 saturated heterocycles. The summed E-state index contributed by atoms with van der Waals surface area (Å²) in [4.78, 5) is 21.5. The van der Waals surface area contributed by atoms with E-state index in [0.29, 0.717) is 18.9 Å². The van der Waals surface area contributed by atoms with Crippen molar-refractivity contribution in [2.75, 3.05) is 11.4 Å². The standard InChI is InChI=1S/C10H14N4O.ClH/c11-5-8-6-12-10(13-7-8)14-4-2-1-3-9(14)15;/h6-7H,1-5,11H2;1H. The molecule has 6 heteroatoms. The van der Waals surface area contributed by atoms with Crippen LogP contribution in [0.3, 0.4) is 0 Å². The number of amides is 1. The van der Waals surface area contributed by atoms with E-state index in [0.717, 1.165) is 24.9 Å². The van der Waals surface area contributed by atoms with Crippen molar-refractivity contribution in [2.45, 2.75) is 25.8 Å². The van der Waals surface area contributed by atoms with Crippen molar-refractivity contribution in [3.8, 4) is 0 Å². The lowest BCUT2D eigenvalue weighted by Gasteiger charge is -2.24. The molecule has 1 fully saturated rings. The molecule has 0 spiro atoms. The van der Waals surface area contributed by atoms with Gasteiger partial charge in [-0.3, -0.25) is 9.69 Å². The molecular weight excluding hydrogens is 228 g/mol. The molecule has 88 valence electrons. The molecule has 2 rings (SSSR count). The lowest BCUT2D eigenvalue weighted by Crippen LogP contribution is -2.36. The van der Waals surface area contributed by atoms with Crippen LogP contribution in [0.15, 0.2) is 12.4 Å². The zero-order chi connectivity index (χ0) is 10.7. The number of aromatic nitrogens is 2. The Bertz CT molecular complexity index is 354. The van der Waals surface area contributed by atoms with E-state index < -0.39 is 0 Å². The van der Waals surface area contributed by atoms with E-state index in [2.05, 4.69) is 9.97 Å². The third-order valence-electron chi connectivity index (χ3n) is 2.49. The van der Waals surface area contributed by atoms with Gasteiger partial charge in [-0.2, -0.15) is 0 Å². The molecule has 0 aliphatic carbocycles. The van der Waals surface area contributed by atoms with Gasteiger partial charge in [0.2, 0.25) is 11.9 Å². The highest BCUT2D eigenvalue weighted by Gasteiger charge is 2.21. The van der Waals surface area contributed by atoms with E-state index in [1.807, 2.05) is 0 Å². The smallest absolute Gasteiger partial charge is 0.232 e. The van der Waals surface area contributed by atoms with Gasteiger partial charge >= 0.3 is 0 Å². The average molecular weight is 243 g/mol. The van der Waals surface area contributed by atoms with Gasteiger partial charge in [0.1, 0.15) is 0 Å². The van der Waals surface area contributed by atoms with Crippen molar-refractivity contribution in [2.24, 2.45) is 5.73 Å². The molecule has 2 heterocycles. The number of nitrogens with zero attached hydrogens (tertiary/aromatic N) is 3. The number of piperidine rings is 1. The molecule has 0 radical (unpaired) electrons. The Kier molecular flexibility index (Phi) is 4.64. The first-order chi connectivity index (χ1) is 7.31. The minimum Gasteiger partial charge on any atom is -0.326 e. The number of nitrogens with two attached hydrogens (primary N) is 1. The monoisotopic (exact) mass is 242 g/mol. The van der Waals surface area contributed by atoms with Gasteiger partial charge in [0, 0.05) is 37.5 Å². The molecule has 5 nitrogen and oxygen atoms in total. The Hall–Kier alpha value is -1.20. The molecule has 0 bridgehead atoms. The van der Waals surface area contributed by atoms with Gasteiger partial charge in [-0.05, 0) is 12.8 Å². The predicted octanol–water partition coefficient (Wildman–Crippen LogP) is 0.874. The summed E-state index contributed by atoms with van der Waals surface area (Å²) in [6, 6.07) is 0. The van der Waals surface area contributed by atoms with E-state index in [-0.39, 0.29) is 18.3 Å². The van der Waals surface area contributed by atoms with Gasteiger partial charge in [-0.15, -0.1) is 12.4 Å². The lowest BCUT2D eigenvalue weighted by atomic mass is 10.1. The summed E-state index contributed by atoms with van der Waals surface area (Å²) >= 11 is 0. The van der Waals surface area contributed by atoms with Crippen LogP contribution < -0.4 is 10.6 Å². The zero-order valence-corrected chi connectivity index (χ0v) is 9.74. The number of carbonyl (C=O) groups is 1. The third kappa shape index (κ3) is 2.68. The second-order valence-electron chi connectivity index (χ2n) is 3.60. The third-order valence-corrected chi connectivity index (χ3v) is 2.49. The van der Waals surface area contributed by atoms with Crippen LogP contribution in [-0.2, 0) is 11.3 Å². The predicted molar refractivity (Wildman–Crippen MR) is 63.4 cm³/mol. The molecule has 1 aromatic heterocycles. The minimum absolute atomic E-state index is 0. The summed E-state index contributed by atoms with van der Waals surface area (Å²) in [7, 11) is 0. The van der Waals surface area contributed by atoms with E-state index in [4.69, 9.17) is 5.73 Å². The second-order valence-corrected chi connectivity index (χ2v) is 3.60. The van der Waals surface area contributed by atoms with Gasteiger partial charge in [-0.1, -0.05) is 0 Å². The Balaban J connectivity index is 0.00000128. The summed E-state index contributed by atoms with van der Waals surface area (Å²) in [6.45, 7) is 1.15. The Labute approximate surface area is 100 Å². The average Bonchev–Trinajstić information content (AvgIpc) is 2.30. The number of carbonyl (C=O) groups excluding carboxylic acids is 1.